The van der Waals surface area contributed by atoms with Gasteiger partial charge in [-0.05, 0) is 12.5 Å². The van der Waals surface area contributed by atoms with Crippen LogP contribution in [0.4, 0.5) is 13.2 Å². The van der Waals surface area contributed by atoms with Gasteiger partial charge in [0.15, 0.2) is 5.82 Å². The van der Waals surface area contributed by atoms with Gasteiger partial charge in [0.25, 0.3) is 6.43 Å². The van der Waals surface area contributed by atoms with Crippen LogP contribution in [0.5, 0.6) is 0 Å². The highest BCUT2D eigenvalue weighted by atomic mass is 79.9. The molecule has 13 heavy (non-hydrogen) atoms. The summed E-state index contributed by atoms with van der Waals surface area (Å²) >= 11 is 3.02. The summed E-state index contributed by atoms with van der Waals surface area (Å²) in [5.41, 5.74) is 0.105. The molecule has 1 aromatic heterocycles. The monoisotopic (exact) mass is 253 g/mol. The first-order chi connectivity index (χ1) is 6.07. The number of nitrogens with zero attached hydrogens (tertiary/aromatic N) is 1. The Bertz CT molecular complexity index is 315. The molecule has 0 aromatic carbocycles. The predicted molar refractivity (Wildman–Crippen MR) is 46.5 cm³/mol. The van der Waals surface area contributed by atoms with E-state index in [-0.39, 0.29) is 10.9 Å². The van der Waals surface area contributed by atoms with E-state index in [1.54, 1.807) is 6.92 Å². The van der Waals surface area contributed by atoms with Crippen LogP contribution in [-0.2, 0) is 5.33 Å². The zero-order valence-electron chi connectivity index (χ0n) is 6.82. The van der Waals surface area contributed by atoms with E-state index in [2.05, 4.69) is 20.9 Å². The van der Waals surface area contributed by atoms with Crippen LogP contribution in [0.3, 0.4) is 0 Å². The summed E-state index contributed by atoms with van der Waals surface area (Å²) in [5, 5.41) is 0.184. The molecule has 5 heteroatoms. The second-order valence-electron chi connectivity index (χ2n) is 2.52. The third kappa shape index (κ3) is 2.02. The molecule has 72 valence electrons. The smallest absolute Gasteiger partial charge is 0.258 e. The number of halogens is 4. The largest absolute Gasteiger partial charge is 0.267 e. The van der Waals surface area contributed by atoms with Crippen LogP contribution < -0.4 is 0 Å². The number of rotatable bonds is 2. The Labute approximate surface area is 82.1 Å². The molecule has 0 aliphatic carbocycles. The fourth-order valence-corrected chi connectivity index (χ4v) is 1.75. The van der Waals surface area contributed by atoms with Gasteiger partial charge in [-0.3, -0.25) is 4.98 Å². The Morgan fingerprint density at radius 3 is 2.54 bits per heavy atom. The molecule has 0 saturated heterocycles. The first kappa shape index (κ1) is 10.5. The van der Waals surface area contributed by atoms with Gasteiger partial charge in [-0.2, -0.15) is 0 Å². The van der Waals surface area contributed by atoms with E-state index in [9.17, 15) is 13.2 Å². The molecular formula is C8H7BrF3N. The molecule has 0 spiro atoms. The molecule has 0 aliphatic rings. The minimum atomic E-state index is -2.80. The predicted octanol–water partition coefficient (Wildman–Crippen LogP) is 3.36. The molecule has 1 heterocycles. The summed E-state index contributed by atoms with van der Waals surface area (Å²) < 4.78 is 37.6. The lowest BCUT2D eigenvalue weighted by atomic mass is 10.1. The Morgan fingerprint density at radius 1 is 1.54 bits per heavy atom. The summed E-state index contributed by atoms with van der Waals surface area (Å²) in [7, 11) is 0. The molecule has 0 saturated carbocycles. The highest BCUT2D eigenvalue weighted by molar-refractivity contribution is 9.08. The van der Waals surface area contributed by atoms with Crippen molar-refractivity contribution >= 4 is 15.9 Å². The van der Waals surface area contributed by atoms with Gasteiger partial charge in [0.05, 0.1) is 11.8 Å². The molecule has 0 aliphatic heterocycles. The second-order valence-corrected chi connectivity index (χ2v) is 3.08. The maximum atomic E-state index is 12.9. The number of aromatic nitrogens is 1. The van der Waals surface area contributed by atoms with Crippen LogP contribution in [0.25, 0.3) is 0 Å². The maximum absolute atomic E-state index is 12.9. The van der Waals surface area contributed by atoms with E-state index < -0.39 is 17.8 Å². The first-order valence-electron chi connectivity index (χ1n) is 3.56. The lowest BCUT2D eigenvalue weighted by Gasteiger charge is -2.09. The lowest BCUT2D eigenvalue weighted by molar-refractivity contribution is 0.145. The third-order valence-corrected chi connectivity index (χ3v) is 2.30. The Balaban J connectivity index is 3.35. The Morgan fingerprint density at radius 2 is 2.15 bits per heavy atom. The molecule has 1 nitrogen and oxygen atoms in total. The van der Waals surface area contributed by atoms with Crippen LogP contribution in [0.15, 0.2) is 6.20 Å². The van der Waals surface area contributed by atoms with Gasteiger partial charge in [-0.1, -0.05) is 15.9 Å². The van der Waals surface area contributed by atoms with Crippen LogP contribution in [0, 0.1) is 12.7 Å². The zero-order chi connectivity index (χ0) is 10.0. The molecule has 1 aromatic rings. The van der Waals surface area contributed by atoms with Crippen LogP contribution in [0.1, 0.15) is 23.2 Å². The van der Waals surface area contributed by atoms with Gasteiger partial charge in [-0.25, -0.2) is 13.2 Å². The van der Waals surface area contributed by atoms with Crippen molar-refractivity contribution in [2.24, 2.45) is 0 Å². The zero-order valence-corrected chi connectivity index (χ0v) is 8.41. The van der Waals surface area contributed by atoms with Gasteiger partial charge >= 0.3 is 0 Å². The van der Waals surface area contributed by atoms with Gasteiger partial charge < -0.3 is 0 Å². The summed E-state index contributed by atoms with van der Waals surface area (Å²) in [5.74, 6) is -0.949. The van der Waals surface area contributed by atoms with Crippen molar-refractivity contribution in [2.45, 2.75) is 18.7 Å². The SMILES string of the molecule is Cc1ncc(F)c(C(F)F)c1CBr. The topological polar surface area (TPSA) is 12.9 Å². The minimum Gasteiger partial charge on any atom is -0.258 e. The van der Waals surface area contributed by atoms with Crippen molar-refractivity contribution in [3.05, 3.63) is 28.8 Å². The van der Waals surface area contributed by atoms with Crippen LogP contribution in [-0.4, -0.2) is 4.98 Å². The quantitative estimate of drug-likeness (QED) is 0.737. The van der Waals surface area contributed by atoms with Crippen molar-refractivity contribution in [1.29, 1.82) is 0 Å². The molecule has 0 atom stereocenters. The van der Waals surface area contributed by atoms with Gasteiger partial charge in [0.2, 0.25) is 0 Å². The lowest BCUT2D eigenvalue weighted by Crippen LogP contribution is -2.02. The highest BCUT2D eigenvalue weighted by Crippen LogP contribution is 2.28. The van der Waals surface area contributed by atoms with Gasteiger partial charge in [0.1, 0.15) is 0 Å². The summed E-state index contributed by atoms with van der Waals surface area (Å²) in [6, 6.07) is 0. The molecule has 0 amide bonds. The molecule has 0 N–H and O–H groups in total. The van der Waals surface area contributed by atoms with E-state index in [1.165, 1.54) is 0 Å². The van der Waals surface area contributed by atoms with Crippen molar-refractivity contribution in [1.82, 2.24) is 4.98 Å². The van der Waals surface area contributed by atoms with Gasteiger partial charge in [-0.15, -0.1) is 0 Å². The molecule has 0 bridgehead atoms. The number of hydrogen-bond acceptors (Lipinski definition) is 1. The van der Waals surface area contributed by atoms with E-state index in [4.69, 9.17) is 0 Å². The molecule has 0 unspecified atom stereocenters. The van der Waals surface area contributed by atoms with Crippen molar-refractivity contribution in [3.63, 3.8) is 0 Å². The second kappa shape index (κ2) is 4.09. The van der Waals surface area contributed by atoms with Crippen LogP contribution in [0.2, 0.25) is 0 Å². The van der Waals surface area contributed by atoms with Crippen molar-refractivity contribution in [3.8, 4) is 0 Å². The summed E-state index contributed by atoms with van der Waals surface area (Å²) in [4.78, 5) is 3.65. The summed E-state index contributed by atoms with van der Waals surface area (Å²) in [6.45, 7) is 1.57. The number of pyridine rings is 1. The molecule has 0 radical (unpaired) electrons. The maximum Gasteiger partial charge on any atom is 0.267 e. The van der Waals surface area contributed by atoms with E-state index in [0.717, 1.165) is 6.20 Å². The molecule has 1 rings (SSSR count). The first-order valence-corrected chi connectivity index (χ1v) is 4.68. The number of alkyl halides is 3. The standard InChI is InChI=1S/C8H7BrF3N/c1-4-5(2-9)7(8(11)12)6(10)3-13-4/h3,8H,2H2,1H3. The Kier molecular flexibility index (Phi) is 3.30. The average molecular weight is 254 g/mol. The number of aryl methyl sites for hydroxylation is 1. The highest BCUT2D eigenvalue weighted by Gasteiger charge is 2.19. The summed E-state index contributed by atoms with van der Waals surface area (Å²) in [6.07, 6.45) is -1.97. The van der Waals surface area contributed by atoms with Crippen molar-refractivity contribution < 1.29 is 13.2 Å². The number of hydrogen-bond donors (Lipinski definition) is 0. The van der Waals surface area contributed by atoms with E-state index in [1.807, 2.05) is 0 Å². The van der Waals surface area contributed by atoms with E-state index in [0.29, 0.717) is 5.69 Å². The molecule has 0 fully saturated rings. The Hall–Kier alpha value is -0.580. The normalized spacial score (nSPS) is 10.9. The average Bonchev–Trinajstić information content (AvgIpc) is 2.07. The van der Waals surface area contributed by atoms with E-state index >= 15 is 0 Å². The van der Waals surface area contributed by atoms with Crippen molar-refractivity contribution in [2.75, 3.05) is 0 Å². The van der Waals surface area contributed by atoms with Gasteiger partial charge in [0, 0.05) is 11.0 Å². The fourth-order valence-electron chi connectivity index (χ4n) is 1.04. The molecular weight excluding hydrogens is 247 g/mol. The fraction of sp³-hybridized carbons (Fsp3) is 0.375. The van der Waals surface area contributed by atoms with Crippen LogP contribution >= 0.6 is 15.9 Å². The minimum absolute atomic E-state index is 0.184. The third-order valence-electron chi connectivity index (χ3n) is 1.74.